The quantitative estimate of drug-likeness (QED) is 0.848. The second kappa shape index (κ2) is 5.47. The molecule has 1 aromatic rings. The van der Waals surface area contributed by atoms with E-state index in [1.54, 1.807) is 0 Å². The van der Waals surface area contributed by atoms with Crippen LogP contribution in [0.25, 0.3) is 0 Å². The summed E-state index contributed by atoms with van der Waals surface area (Å²) in [6.45, 7) is -0.186. The smallest absolute Gasteiger partial charge is 0.340 e. The number of hydrogen-bond donors (Lipinski definition) is 1. The average molecular weight is 299 g/mol. The van der Waals surface area contributed by atoms with Crippen LogP contribution in [0.2, 0.25) is 0 Å². The molecule has 112 valence electrons. The first-order valence-electron chi connectivity index (χ1n) is 5.95. The first-order valence-corrected chi connectivity index (χ1v) is 5.95. The number of esters is 1. The van der Waals surface area contributed by atoms with E-state index in [0.717, 1.165) is 18.1 Å². The van der Waals surface area contributed by atoms with Gasteiger partial charge in [-0.3, -0.25) is 9.59 Å². The molecule has 21 heavy (non-hydrogen) atoms. The van der Waals surface area contributed by atoms with Crippen molar-refractivity contribution in [3.63, 3.8) is 0 Å². The lowest BCUT2D eigenvalue weighted by molar-refractivity contribution is -0.145. The summed E-state index contributed by atoms with van der Waals surface area (Å²) < 4.78 is 31.4. The van der Waals surface area contributed by atoms with Gasteiger partial charge >= 0.3 is 11.9 Å². The number of anilines is 1. The van der Waals surface area contributed by atoms with Crippen molar-refractivity contribution < 1.29 is 33.0 Å². The van der Waals surface area contributed by atoms with Crippen LogP contribution in [-0.4, -0.2) is 36.6 Å². The van der Waals surface area contributed by atoms with Crippen LogP contribution in [0.5, 0.6) is 0 Å². The minimum absolute atomic E-state index is 0.186. The predicted octanol–water partition coefficient (Wildman–Crippen LogP) is 1.19. The van der Waals surface area contributed by atoms with Gasteiger partial charge in [-0.15, -0.1) is 0 Å². The number of hydrogen-bond acceptors (Lipinski definition) is 4. The number of amides is 1. The van der Waals surface area contributed by atoms with Crippen molar-refractivity contribution in [2.24, 2.45) is 5.92 Å². The molecular weight excluding hydrogens is 288 g/mol. The third-order valence-corrected chi connectivity index (χ3v) is 3.20. The molecule has 1 N–H and O–H groups in total. The van der Waals surface area contributed by atoms with Gasteiger partial charge in [-0.05, 0) is 6.07 Å². The molecule has 1 unspecified atom stereocenters. The summed E-state index contributed by atoms with van der Waals surface area (Å²) in [5.74, 6) is -5.96. The molecule has 1 heterocycles. The number of carbonyl (C=O) groups is 3. The second-order valence-electron chi connectivity index (χ2n) is 4.52. The molecule has 1 aliphatic rings. The zero-order valence-electron chi connectivity index (χ0n) is 10.9. The molecule has 0 spiro atoms. The van der Waals surface area contributed by atoms with Crippen LogP contribution < -0.4 is 4.90 Å². The number of aromatic carboxylic acids is 1. The van der Waals surface area contributed by atoms with Crippen molar-refractivity contribution in [3.8, 4) is 0 Å². The number of methoxy groups -OCH3 is 1. The second-order valence-corrected chi connectivity index (χ2v) is 4.52. The molecule has 1 fully saturated rings. The Morgan fingerprint density at radius 3 is 2.62 bits per heavy atom. The summed E-state index contributed by atoms with van der Waals surface area (Å²) in [6, 6.07) is 1.18. The molecule has 1 amide bonds. The van der Waals surface area contributed by atoms with E-state index in [-0.39, 0.29) is 13.0 Å². The highest BCUT2D eigenvalue weighted by Crippen LogP contribution is 2.31. The molecule has 1 saturated heterocycles. The summed E-state index contributed by atoms with van der Waals surface area (Å²) in [5, 5.41) is 9.01. The molecule has 2 rings (SSSR count). The van der Waals surface area contributed by atoms with Crippen molar-refractivity contribution >= 4 is 23.5 Å². The minimum atomic E-state index is -1.63. The molecule has 0 aliphatic carbocycles. The molecule has 1 atom stereocenters. The average Bonchev–Trinajstić information content (AvgIpc) is 2.78. The van der Waals surface area contributed by atoms with Gasteiger partial charge in [0.1, 0.15) is 17.2 Å². The zero-order chi connectivity index (χ0) is 15.7. The predicted molar refractivity (Wildman–Crippen MR) is 65.8 cm³/mol. The van der Waals surface area contributed by atoms with E-state index in [2.05, 4.69) is 4.74 Å². The highest BCUT2D eigenvalue weighted by atomic mass is 19.1. The standard InChI is InChI=1S/C13H11F2NO5/c1-21-13(20)6-2-10(17)16(5-6)9-4-7(14)3-8(15)11(9)12(18)19/h3-4,6H,2,5H2,1H3,(H,18,19). The molecule has 0 bridgehead atoms. The number of rotatable bonds is 3. The Hall–Kier alpha value is -2.51. The highest BCUT2D eigenvalue weighted by Gasteiger charge is 2.38. The van der Waals surface area contributed by atoms with Crippen LogP contribution in [0, 0.1) is 17.6 Å². The number of benzene rings is 1. The van der Waals surface area contributed by atoms with Crippen LogP contribution in [0.1, 0.15) is 16.8 Å². The molecule has 1 aromatic carbocycles. The summed E-state index contributed by atoms with van der Waals surface area (Å²) in [6.07, 6.45) is -0.204. The van der Waals surface area contributed by atoms with Gasteiger partial charge in [-0.1, -0.05) is 0 Å². The monoisotopic (exact) mass is 299 g/mol. The molecule has 8 heteroatoms. The third-order valence-electron chi connectivity index (χ3n) is 3.20. The van der Waals surface area contributed by atoms with Gasteiger partial charge in [0.05, 0.1) is 18.7 Å². The van der Waals surface area contributed by atoms with E-state index in [1.165, 1.54) is 0 Å². The van der Waals surface area contributed by atoms with Crippen LogP contribution in [0.3, 0.4) is 0 Å². The number of ether oxygens (including phenoxy) is 1. The van der Waals surface area contributed by atoms with Gasteiger partial charge in [-0.2, -0.15) is 0 Å². The summed E-state index contributed by atoms with van der Waals surface area (Å²) >= 11 is 0. The Morgan fingerprint density at radius 1 is 1.38 bits per heavy atom. The Morgan fingerprint density at radius 2 is 2.05 bits per heavy atom. The topological polar surface area (TPSA) is 83.9 Å². The van der Waals surface area contributed by atoms with Gasteiger partial charge in [0, 0.05) is 19.0 Å². The summed E-state index contributed by atoms with van der Waals surface area (Å²) in [4.78, 5) is 35.3. The van der Waals surface area contributed by atoms with Crippen molar-refractivity contribution in [2.75, 3.05) is 18.6 Å². The van der Waals surface area contributed by atoms with E-state index >= 15 is 0 Å². The number of nitrogens with zero attached hydrogens (tertiary/aromatic N) is 1. The SMILES string of the molecule is COC(=O)C1CC(=O)N(c2cc(F)cc(F)c2C(=O)O)C1. The number of carboxylic acid groups (broad SMARTS) is 1. The fourth-order valence-electron chi connectivity index (χ4n) is 2.25. The largest absolute Gasteiger partial charge is 0.478 e. The molecule has 0 aromatic heterocycles. The maximum absolute atomic E-state index is 13.6. The normalized spacial score (nSPS) is 18.0. The minimum Gasteiger partial charge on any atom is -0.478 e. The van der Waals surface area contributed by atoms with Crippen LogP contribution in [0.4, 0.5) is 14.5 Å². The van der Waals surface area contributed by atoms with Crippen LogP contribution in [-0.2, 0) is 14.3 Å². The lowest BCUT2D eigenvalue weighted by atomic mass is 10.1. The number of carboxylic acids is 1. The first kappa shape index (κ1) is 14.9. The zero-order valence-corrected chi connectivity index (χ0v) is 10.9. The van der Waals surface area contributed by atoms with Gasteiger partial charge in [0.25, 0.3) is 0 Å². The molecule has 0 saturated carbocycles. The van der Waals surface area contributed by atoms with E-state index in [0.29, 0.717) is 6.07 Å². The maximum Gasteiger partial charge on any atom is 0.340 e. The lowest BCUT2D eigenvalue weighted by Crippen LogP contribution is -2.28. The molecule has 6 nitrogen and oxygen atoms in total. The van der Waals surface area contributed by atoms with Crippen molar-refractivity contribution in [2.45, 2.75) is 6.42 Å². The van der Waals surface area contributed by atoms with E-state index < -0.39 is 46.6 Å². The first-order chi connectivity index (χ1) is 9.85. The fraction of sp³-hybridized carbons (Fsp3) is 0.308. The van der Waals surface area contributed by atoms with Gasteiger partial charge in [0.15, 0.2) is 0 Å². The van der Waals surface area contributed by atoms with Gasteiger partial charge < -0.3 is 14.7 Å². The summed E-state index contributed by atoms with van der Waals surface area (Å²) in [5.41, 5.74) is -1.22. The van der Waals surface area contributed by atoms with Gasteiger partial charge in [0.2, 0.25) is 5.91 Å². The Balaban J connectivity index is 2.45. The molecular formula is C13H11F2NO5. The molecule has 0 radical (unpaired) electrons. The number of carbonyl (C=O) groups excluding carboxylic acids is 2. The van der Waals surface area contributed by atoms with Crippen LogP contribution >= 0.6 is 0 Å². The Labute approximate surface area is 117 Å². The van der Waals surface area contributed by atoms with E-state index in [4.69, 9.17) is 5.11 Å². The molecule has 1 aliphatic heterocycles. The van der Waals surface area contributed by atoms with Crippen molar-refractivity contribution in [1.29, 1.82) is 0 Å². The third kappa shape index (κ3) is 2.69. The maximum atomic E-state index is 13.6. The summed E-state index contributed by atoms with van der Waals surface area (Å²) in [7, 11) is 1.15. The highest BCUT2D eigenvalue weighted by molar-refractivity contribution is 6.05. The Kier molecular flexibility index (Phi) is 3.88. The number of halogens is 2. The van der Waals surface area contributed by atoms with Crippen molar-refractivity contribution in [1.82, 2.24) is 0 Å². The fourth-order valence-corrected chi connectivity index (χ4v) is 2.25. The lowest BCUT2D eigenvalue weighted by Gasteiger charge is -2.19. The van der Waals surface area contributed by atoms with E-state index in [1.807, 2.05) is 0 Å². The van der Waals surface area contributed by atoms with Crippen molar-refractivity contribution in [3.05, 3.63) is 29.3 Å². The van der Waals surface area contributed by atoms with Gasteiger partial charge in [-0.25, -0.2) is 13.6 Å². The van der Waals surface area contributed by atoms with Crippen LogP contribution in [0.15, 0.2) is 12.1 Å². The van der Waals surface area contributed by atoms with E-state index in [9.17, 15) is 23.2 Å². The Bertz CT molecular complexity index is 631.